The summed E-state index contributed by atoms with van der Waals surface area (Å²) < 4.78 is 19.5. The van der Waals surface area contributed by atoms with Crippen LogP contribution in [0.15, 0.2) is 24.3 Å². The highest BCUT2D eigenvalue weighted by atomic mass is 19.1. The number of carbonyl (C=O) groups is 1. The maximum absolute atomic E-state index is 13.8. The lowest BCUT2D eigenvalue weighted by Gasteiger charge is -2.57. The van der Waals surface area contributed by atoms with Gasteiger partial charge in [-0.15, -0.1) is 0 Å². The Morgan fingerprint density at radius 3 is 2.33 bits per heavy atom. The molecule has 5 rings (SSSR count). The molecule has 4 heteroatoms. The van der Waals surface area contributed by atoms with Crippen LogP contribution in [-0.4, -0.2) is 17.6 Å². The van der Waals surface area contributed by atoms with Crippen molar-refractivity contribution in [2.45, 2.75) is 63.5 Å². The minimum absolute atomic E-state index is 0.0299. The maximum atomic E-state index is 13.8. The van der Waals surface area contributed by atoms with Crippen LogP contribution in [0.2, 0.25) is 0 Å². The molecule has 0 aromatic heterocycles. The zero-order valence-electron chi connectivity index (χ0n) is 14.3. The number of carbonyl (C=O) groups excluding carboxylic acids is 1. The van der Waals surface area contributed by atoms with Crippen molar-refractivity contribution in [1.29, 1.82) is 0 Å². The number of amides is 1. The third-order valence-corrected chi connectivity index (χ3v) is 6.20. The summed E-state index contributed by atoms with van der Waals surface area (Å²) in [4.78, 5) is 12.8. The number of rotatable bonds is 5. The second-order valence-corrected chi connectivity index (χ2v) is 8.13. The van der Waals surface area contributed by atoms with Crippen molar-refractivity contribution in [3.8, 4) is 5.75 Å². The molecule has 1 aromatic rings. The van der Waals surface area contributed by atoms with Crippen molar-refractivity contribution in [3.05, 3.63) is 30.1 Å². The van der Waals surface area contributed by atoms with Crippen LogP contribution in [0.4, 0.5) is 4.39 Å². The molecule has 24 heavy (non-hydrogen) atoms. The van der Waals surface area contributed by atoms with Gasteiger partial charge in [0.25, 0.3) is 5.91 Å². The third-order valence-electron chi connectivity index (χ3n) is 6.20. The van der Waals surface area contributed by atoms with Gasteiger partial charge in [0.05, 0.1) is 0 Å². The van der Waals surface area contributed by atoms with Gasteiger partial charge in [0.15, 0.2) is 17.7 Å². The van der Waals surface area contributed by atoms with Gasteiger partial charge in [-0.2, -0.15) is 0 Å². The number of nitrogens with one attached hydrogen (secondary N) is 1. The quantitative estimate of drug-likeness (QED) is 0.883. The molecule has 1 amide bonds. The van der Waals surface area contributed by atoms with Gasteiger partial charge in [0.1, 0.15) is 0 Å². The van der Waals surface area contributed by atoms with E-state index in [1.807, 2.05) is 6.92 Å². The van der Waals surface area contributed by atoms with Crippen LogP contribution in [0.1, 0.15) is 51.9 Å². The van der Waals surface area contributed by atoms with E-state index in [1.165, 1.54) is 25.3 Å². The number of para-hydroxylation sites is 1. The van der Waals surface area contributed by atoms with E-state index in [0.717, 1.165) is 37.0 Å². The molecule has 4 fully saturated rings. The van der Waals surface area contributed by atoms with Crippen LogP contribution in [0.3, 0.4) is 0 Å². The van der Waals surface area contributed by atoms with E-state index in [1.54, 1.807) is 18.2 Å². The molecule has 1 aromatic carbocycles. The molecule has 0 spiro atoms. The van der Waals surface area contributed by atoms with E-state index in [2.05, 4.69) is 5.32 Å². The summed E-state index contributed by atoms with van der Waals surface area (Å²) in [7, 11) is 0. The van der Waals surface area contributed by atoms with E-state index in [4.69, 9.17) is 4.74 Å². The molecule has 3 nitrogen and oxygen atoms in total. The molecular formula is C20H26FNO2. The van der Waals surface area contributed by atoms with E-state index in [0.29, 0.717) is 6.42 Å². The summed E-state index contributed by atoms with van der Waals surface area (Å²) in [5.41, 5.74) is -0.0299. The molecule has 4 bridgehead atoms. The molecular weight excluding hydrogens is 305 g/mol. The number of halogens is 1. The van der Waals surface area contributed by atoms with Crippen LogP contribution >= 0.6 is 0 Å². The van der Waals surface area contributed by atoms with Crippen molar-refractivity contribution < 1.29 is 13.9 Å². The molecule has 0 radical (unpaired) electrons. The second kappa shape index (κ2) is 6.05. The second-order valence-electron chi connectivity index (χ2n) is 8.13. The van der Waals surface area contributed by atoms with Gasteiger partial charge >= 0.3 is 0 Å². The fourth-order valence-corrected chi connectivity index (χ4v) is 5.62. The maximum Gasteiger partial charge on any atom is 0.261 e. The van der Waals surface area contributed by atoms with Crippen molar-refractivity contribution in [2.75, 3.05) is 0 Å². The summed E-state index contributed by atoms with van der Waals surface area (Å²) in [5.74, 6) is 2.00. The molecule has 0 unspecified atom stereocenters. The lowest BCUT2D eigenvalue weighted by atomic mass is 9.53. The highest BCUT2D eigenvalue weighted by Crippen LogP contribution is 2.55. The average Bonchev–Trinajstić information content (AvgIpc) is 2.52. The van der Waals surface area contributed by atoms with Crippen LogP contribution < -0.4 is 10.1 Å². The van der Waals surface area contributed by atoms with Crippen molar-refractivity contribution >= 4 is 5.91 Å². The molecule has 1 N–H and O–H groups in total. The molecule has 4 saturated carbocycles. The number of hydrogen-bond acceptors (Lipinski definition) is 2. The third kappa shape index (κ3) is 2.91. The Morgan fingerprint density at radius 2 is 1.79 bits per heavy atom. The van der Waals surface area contributed by atoms with Crippen molar-refractivity contribution in [3.63, 3.8) is 0 Å². The van der Waals surface area contributed by atoms with Gasteiger partial charge in [-0.25, -0.2) is 4.39 Å². The highest BCUT2D eigenvalue weighted by molar-refractivity contribution is 5.82. The molecule has 4 aliphatic rings. The number of benzene rings is 1. The Kier molecular flexibility index (Phi) is 4.01. The Morgan fingerprint density at radius 1 is 1.21 bits per heavy atom. The summed E-state index contributed by atoms with van der Waals surface area (Å²) in [6.07, 6.45) is 7.28. The van der Waals surface area contributed by atoms with E-state index in [9.17, 15) is 9.18 Å². The van der Waals surface area contributed by atoms with E-state index < -0.39 is 11.9 Å². The Bertz CT molecular complexity index is 595. The fourth-order valence-electron chi connectivity index (χ4n) is 5.62. The van der Waals surface area contributed by atoms with E-state index in [-0.39, 0.29) is 17.2 Å². The molecule has 0 heterocycles. The van der Waals surface area contributed by atoms with Crippen LogP contribution in [-0.2, 0) is 4.79 Å². The Labute approximate surface area is 143 Å². The van der Waals surface area contributed by atoms with Gasteiger partial charge in [-0.3, -0.25) is 4.79 Å². The molecule has 130 valence electrons. The monoisotopic (exact) mass is 331 g/mol. The van der Waals surface area contributed by atoms with E-state index >= 15 is 0 Å². The van der Waals surface area contributed by atoms with Gasteiger partial charge in [0, 0.05) is 5.54 Å². The summed E-state index contributed by atoms with van der Waals surface area (Å²) in [6, 6.07) is 6.29. The topological polar surface area (TPSA) is 38.3 Å². The predicted molar refractivity (Wildman–Crippen MR) is 90.2 cm³/mol. The fraction of sp³-hybridized carbons (Fsp3) is 0.650. The Hall–Kier alpha value is -1.58. The summed E-state index contributed by atoms with van der Waals surface area (Å²) >= 11 is 0. The minimum atomic E-state index is -0.630. The van der Waals surface area contributed by atoms with Crippen LogP contribution in [0.5, 0.6) is 5.75 Å². The van der Waals surface area contributed by atoms with Gasteiger partial charge in [0.2, 0.25) is 0 Å². The lowest BCUT2D eigenvalue weighted by molar-refractivity contribution is -0.134. The minimum Gasteiger partial charge on any atom is -0.478 e. The first-order valence-corrected chi connectivity index (χ1v) is 9.30. The largest absolute Gasteiger partial charge is 0.478 e. The summed E-state index contributed by atoms with van der Waals surface area (Å²) in [5, 5.41) is 3.33. The molecule has 0 saturated heterocycles. The first-order chi connectivity index (χ1) is 11.6. The first-order valence-electron chi connectivity index (χ1n) is 9.30. The molecule has 1 atom stereocenters. The normalized spacial score (nSPS) is 34.8. The predicted octanol–water partition coefficient (Wildman–Crippen LogP) is 4.07. The summed E-state index contributed by atoms with van der Waals surface area (Å²) in [6.45, 7) is 1.91. The van der Waals surface area contributed by atoms with Crippen LogP contribution in [0.25, 0.3) is 0 Å². The lowest BCUT2D eigenvalue weighted by Crippen LogP contribution is -2.61. The van der Waals surface area contributed by atoms with Gasteiger partial charge in [-0.05, 0) is 74.8 Å². The molecule has 0 aliphatic heterocycles. The zero-order valence-corrected chi connectivity index (χ0v) is 14.3. The SMILES string of the molecule is CC[C@@H](Oc1ccccc1F)C(=O)NC12CC3CC(CC(C3)C1)C2. The number of hydrogen-bond donors (Lipinski definition) is 1. The smallest absolute Gasteiger partial charge is 0.261 e. The highest BCUT2D eigenvalue weighted by Gasteiger charge is 2.51. The van der Waals surface area contributed by atoms with Gasteiger partial charge in [-0.1, -0.05) is 19.1 Å². The first kappa shape index (κ1) is 15.9. The van der Waals surface area contributed by atoms with Crippen molar-refractivity contribution in [1.82, 2.24) is 5.32 Å². The van der Waals surface area contributed by atoms with Crippen molar-refractivity contribution in [2.24, 2.45) is 17.8 Å². The zero-order chi connectivity index (χ0) is 16.7. The average molecular weight is 331 g/mol. The standard InChI is InChI=1S/C20H26FNO2/c1-2-17(24-18-6-4-3-5-16(18)21)19(23)22-20-10-13-7-14(11-20)9-15(8-13)12-20/h3-6,13-15,17H,2,7-12H2,1H3,(H,22,23)/t13?,14?,15?,17-,20?/m1/s1. The number of ether oxygens (including phenoxy) is 1. The van der Waals surface area contributed by atoms with Gasteiger partial charge < -0.3 is 10.1 Å². The Balaban J connectivity index is 1.45. The van der Waals surface area contributed by atoms with Crippen LogP contribution in [0, 0.1) is 23.6 Å². The molecule has 4 aliphatic carbocycles.